The highest BCUT2D eigenvalue weighted by molar-refractivity contribution is 7.88. The van der Waals surface area contributed by atoms with E-state index in [1.54, 1.807) is 12.1 Å². The number of nitrogens with one attached hydrogen (secondary N) is 1. The molecule has 20 heavy (non-hydrogen) atoms. The van der Waals surface area contributed by atoms with Gasteiger partial charge in [-0.25, -0.2) is 12.7 Å². The highest BCUT2D eigenvalue weighted by Gasteiger charge is 2.25. The van der Waals surface area contributed by atoms with Crippen LogP contribution in [-0.2, 0) is 10.0 Å². The summed E-state index contributed by atoms with van der Waals surface area (Å²) in [4.78, 5) is 0. The maximum absolute atomic E-state index is 11.4. The number of hydrogen-bond donors (Lipinski definition) is 2. The van der Waals surface area contributed by atoms with Crippen LogP contribution in [0.3, 0.4) is 0 Å². The van der Waals surface area contributed by atoms with Crippen LogP contribution < -0.4 is 11.1 Å². The lowest BCUT2D eigenvalue weighted by molar-refractivity contribution is 0.332. The third kappa shape index (κ3) is 3.69. The predicted octanol–water partition coefficient (Wildman–Crippen LogP) is 2.41. The summed E-state index contributed by atoms with van der Waals surface area (Å²) < 4.78 is 24.4. The molecule has 0 spiro atoms. The first kappa shape index (κ1) is 15.7. The van der Waals surface area contributed by atoms with Crippen molar-refractivity contribution in [3.8, 4) is 0 Å². The van der Waals surface area contributed by atoms with Gasteiger partial charge in [-0.1, -0.05) is 23.2 Å². The van der Waals surface area contributed by atoms with Gasteiger partial charge in [0.15, 0.2) is 0 Å². The van der Waals surface area contributed by atoms with E-state index in [4.69, 9.17) is 28.9 Å². The Kier molecular flexibility index (Phi) is 4.69. The normalized spacial score (nSPS) is 18.1. The van der Waals surface area contributed by atoms with Gasteiger partial charge in [0.2, 0.25) is 10.0 Å². The molecule has 0 atom stereocenters. The molecule has 0 amide bonds. The molecule has 0 saturated carbocycles. The zero-order valence-corrected chi connectivity index (χ0v) is 13.4. The number of rotatable bonds is 3. The van der Waals surface area contributed by atoms with E-state index in [0.29, 0.717) is 28.8 Å². The largest absolute Gasteiger partial charge is 0.397 e. The number of nitrogens with two attached hydrogens (primary N) is 1. The molecule has 0 aliphatic carbocycles. The van der Waals surface area contributed by atoms with E-state index in [-0.39, 0.29) is 6.04 Å². The molecule has 1 aliphatic heterocycles. The van der Waals surface area contributed by atoms with Crippen LogP contribution in [0.1, 0.15) is 12.8 Å². The molecule has 3 N–H and O–H groups in total. The van der Waals surface area contributed by atoms with Crippen molar-refractivity contribution in [1.82, 2.24) is 4.31 Å². The highest BCUT2D eigenvalue weighted by Crippen LogP contribution is 2.32. The minimum absolute atomic E-state index is 0.174. The van der Waals surface area contributed by atoms with Crippen LogP contribution in [-0.4, -0.2) is 38.1 Å². The summed E-state index contributed by atoms with van der Waals surface area (Å²) >= 11 is 11.9. The summed E-state index contributed by atoms with van der Waals surface area (Å²) in [6.07, 6.45) is 2.69. The smallest absolute Gasteiger partial charge is 0.211 e. The molecule has 0 radical (unpaired) electrons. The topological polar surface area (TPSA) is 75.4 Å². The molecule has 5 nitrogen and oxygen atoms in total. The summed E-state index contributed by atoms with van der Waals surface area (Å²) in [5.41, 5.74) is 7.16. The lowest BCUT2D eigenvalue weighted by Gasteiger charge is -2.31. The van der Waals surface area contributed by atoms with Crippen LogP contribution in [0.25, 0.3) is 0 Å². The van der Waals surface area contributed by atoms with Gasteiger partial charge >= 0.3 is 0 Å². The third-order valence-electron chi connectivity index (χ3n) is 3.38. The van der Waals surface area contributed by atoms with Gasteiger partial charge in [-0.15, -0.1) is 0 Å². The Balaban J connectivity index is 2.01. The van der Waals surface area contributed by atoms with Crippen molar-refractivity contribution in [3.63, 3.8) is 0 Å². The summed E-state index contributed by atoms with van der Waals surface area (Å²) in [6.45, 7) is 1.02. The fourth-order valence-corrected chi connectivity index (χ4v) is 3.45. The lowest BCUT2D eigenvalue weighted by Crippen LogP contribution is -2.41. The molecule has 1 aromatic rings. The first-order valence-corrected chi connectivity index (χ1v) is 8.84. The average molecular weight is 338 g/mol. The van der Waals surface area contributed by atoms with Crippen molar-refractivity contribution >= 4 is 44.6 Å². The molecule has 0 unspecified atom stereocenters. The average Bonchev–Trinajstić information content (AvgIpc) is 2.35. The number of piperidine rings is 1. The van der Waals surface area contributed by atoms with Crippen molar-refractivity contribution in [2.75, 3.05) is 30.4 Å². The van der Waals surface area contributed by atoms with Crippen LogP contribution in [0.4, 0.5) is 11.4 Å². The maximum atomic E-state index is 11.4. The number of sulfonamides is 1. The molecule has 1 fully saturated rings. The molecular formula is C12H17Cl2N3O2S. The van der Waals surface area contributed by atoms with Gasteiger partial charge in [-0.2, -0.15) is 0 Å². The second-order valence-electron chi connectivity index (χ2n) is 4.93. The van der Waals surface area contributed by atoms with Crippen molar-refractivity contribution in [2.24, 2.45) is 0 Å². The Labute approximate surface area is 129 Å². The van der Waals surface area contributed by atoms with E-state index >= 15 is 0 Å². The Bertz CT molecular complexity index is 599. The Morgan fingerprint density at radius 1 is 1.25 bits per heavy atom. The van der Waals surface area contributed by atoms with Gasteiger partial charge in [0, 0.05) is 19.1 Å². The van der Waals surface area contributed by atoms with E-state index in [1.165, 1.54) is 10.6 Å². The first-order chi connectivity index (χ1) is 9.27. The maximum Gasteiger partial charge on any atom is 0.211 e. The predicted molar refractivity (Wildman–Crippen MR) is 83.9 cm³/mol. The van der Waals surface area contributed by atoms with E-state index in [0.717, 1.165) is 18.5 Å². The van der Waals surface area contributed by atoms with Gasteiger partial charge in [0.25, 0.3) is 0 Å². The third-order valence-corrected chi connectivity index (χ3v) is 5.40. The summed E-state index contributed by atoms with van der Waals surface area (Å²) in [6, 6.07) is 3.48. The van der Waals surface area contributed by atoms with Gasteiger partial charge < -0.3 is 11.1 Å². The van der Waals surface area contributed by atoms with Crippen LogP contribution in [0, 0.1) is 0 Å². The molecule has 0 aromatic heterocycles. The Morgan fingerprint density at radius 2 is 1.80 bits per heavy atom. The summed E-state index contributed by atoms with van der Waals surface area (Å²) in [5, 5.41) is 4.16. The van der Waals surface area contributed by atoms with Crippen molar-refractivity contribution < 1.29 is 8.42 Å². The van der Waals surface area contributed by atoms with Crippen molar-refractivity contribution in [2.45, 2.75) is 18.9 Å². The minimum atomic E-state index is -3.10. The fourth-order valence-electron chi connectivity index (χ4n) is 2.24. The number of nitrogens with zero attached hydrogens (tertiary/aromatic N) is 1. The van der Waals surface area contributed by atoms with Gasteiger partial charge in [0.05, 0.1) is 27.7 Å². The molecule has 2 rings (SSSR count). The molecule has 112 valence electrons. The second kappa shape index (κ2) is 5.97. The fraction of sp³-hybridized carbons (Fsp3) is 0.500. The number of hydrogen-bond acceptors (Lipinski definition) is 4. The molecule has 8 heteroatoms. The number of nitrogen functional groups attached to an aromatic ring is 1. The van der Waals surface area contributed by atoms with Crippen LogP contribution >= 0.6 is 23.2 Å². The lowest BCUT2D eigenvalue weighted by atomic mass is 10.1. The monoisotopic (exact) mass is 337 g/mol. The molecule has 0 bridgehead atoms. The molecule has 1 aromatic carbocycles. The van der Waals surface area contributed by atoms with E-state index < -0.39 is 10.0 Å². The zero-order chi connectivity index (χ0) is 14.9. The molecule has 1 heterocycles. The van der Waals surface area contributed by atoms with E-state index in [1.807, 2.05) is 0 Å². The number of anilines is 2. The highest BCUT2D eigenvalue weighted by atomic mass is 35.5. The SMILES string of the molecule is CS(=O)(=O)N1CCC(Nc2cc(Cl)c(Cl)cc2N)CC1. The van der Waals surface area contributed by atoms with Crippen LogP contribution in [0.2, 0.25) is 10.0 Å². The molecule has 1 aliphatic rings. The number of halogens is 2. The minimum Gasteiger partial charge on any atom is -0.397 e. The Hall–Kier alpha value is -0.690. The molecule has 1 saturated heterocycles. The summed E-state index contributed by atoms with van der Waals surface area (Å²) in [5.74, 6) is 0. The standard InChI is InChI=1S/C12H17Cl2N3O2S/c1-20(18,19)17-4-2-8(3-5-17)16-12-7-10(14)9(13)6-11(12)15/h6-8,16H,2-5,15H2,1H3. The first-order valence-electron chi connectivity index (χ1n) is 6.23. The quantitative estimate of drug-likeness (QED) is 0.830. The number of benzene rings is 1. The van der Waals surface area contributed by atoms with Gasteiger partial charge in [-0.05, 0) is 25.0 Å². The van der Waals surface area contributed by atoms with E-state index in [9.17, 15) is 8.42 Å². The van der Waals surface area contributed by atoms with Crippen LogP contribution in [0.15, 0.2) is 12.1 Å². The molecular weight excluding hydrogens is 321 g/mol. The summed E-state index contributed by atoms with van der Waals surface area (Å²) in [7, 11) is -3.10. The van der Waals surface area contributed by atoms with Gasteiger partial charge in [0.1, 0.15) is 0 Å². The second-order valence-corrected chi connectivity index (χ2v) is 7.73. The van der Waals surface area contributed by atoms with Gasteiger partial charge in [-0.3, -0.25) is 0 Å². The zero-order valence-electron chi connectivity index (χ0n) is 11.1. The van der Waals surface area contributed by atoms with E-state index in [2.05, 4.69) is 5.32 Å². The van der Waals surface area contributed by atoms with Crippen molar-refractivity contribution in [3.05, 3.63) is 22.2 Å². The Morgan fingerprint density at radius 3 is 2.35 bits per heavy atom. The van der Waals surface area contributed by atoms with Crippen LogP contribution in [0.5, 0.6) is 0 Å². The van der Waals surface area contributed by atoms with Crippen molar-refractivity contribution in [1.29, 1.82) is 0 Å².